The Hall–Kier alpha value is -10.9. The van der Waals surface area contributed by atoms with E-state index in [0.29, 0.717) is 0 Å². The second-order valence-corrected chi connectivity index (χ2v) is 19.2. The Morgan fingerprint density at radius 1 is 0.477 bits per heavy atom. The molecule has 4 heterocycles. The Balaban J connectivity index is 0.000000172. The minimum Gasteiger partial charge on any atom is -0.503 e. The van der Waals surface area contributed by atoms with Gasteiger partial charge in [-0.2, -0.15) is 34.4 Å². The van der Waals surface area contributed by atoms with E-state index < -0.39 is 170 Å². The van der Waals surface area contributed by atoms with Gasteiger partial charge in [-0.15, -0.1) is 23.8 Å². The lowest BCUT2D eigenvalue weighted by Crippen LogP contribution is -2.33. The van der Waals surface area contributed by atoms with Crippen LogP contribution in [-0.4, -0.2) is 124 Å². The van der Waals surface area contributed by atoms with E-state index in [9.17, 15) is 105 Å². The summed E-state index contributed by atoms with van der Waals surface area (Å²) in [5, 5.41) is 43.9. The number of ether oxygens (including phenoxy) is 3. The van der Waals surface area contributed by atoms with E-state index in [1.165, 1.54) is 42.5 Å². The fourth-order valence-electron chi connectivity index (χ4n) is 7.29. The molecule has 0 aromatic heterocycles. The maximum Gasteiger partial charge on any atom is 0.347 e. The highest BCUT2D eigenvalue weighted by molar-refractivity contribution is 7.87. The van der Waals surface area contributed by atoms with E-state index in [4.69, 9.17) is 25.6 Å². The summed E-state index contributed by atoms with van der Waals surface area (Å²) in [6, 6.07) is 13.8. The molecule has 38 heteroatoms. The number of carbonyl (C=O) groups excluding carboxylic acids is 10. The number of rotatable bonds is 12. The minimum atomic E-state index is -5.85. The van der Waals surface area contributed by atoms with Crippen LogP contribution in [-0.2, 0) is 49.7 Å². The maximum atomic E-state index is 13.8. The number of phenolic OH excluding ortho intramolecular Hbond substituents is 2. The molecule has 4 aliphatic heterocycles. The van der Waals surface area contributed by atoms with Crippen molar-refractivity contribution in [2.75, 3.05) is 0 Å². The third-order valence-corrected chi connectivity index (χ3v) is 13.7. The number of halogens is 8. The van der Waals surface area contributed by atoms with Crippen molar-refractivity contribution in [3.05, 3.63) is 175 Å². The van der Waals surface area contributed by atoms with Gasteiger partial charge in [0.25, 0.3) is 48.4 Å². The zero-order chi connectivity index (χ0) is 63.9. The van der Waals surface area contributed by atoms with Crippen molar-refractivity contribution >= 4 is 86.5 Å². The first-order valence-electron chi connectivity index (χ1n) is 22.0. The molecule has 0 unspecified atom stereocenters. The van der Waals surface area contributed by atoms with Gasteiger partial charge in [0.1, 0.15) is 11.5 Å². The molecule has 0 saturated heterocycles. The van der Waals surface area contributed by atoms with Crippen LogP contribution < -0.4 is 9.47 Å². The van der Waals surface area contributed by atoms with E-state index in [2.05, 4.69) is 22.8 Å². The van der Waals surface area contributed by atoms with Gasteiger partial charge in [-0.05, 0) is 72.3 Å². The Morgan fingerprint density at radius 3 is 1.26 bits per heavy atom. The van der Waals surface area contributed by atoms with Crippen molar-refractivity contribution in [1.29, 1.82) is 0 Å². The number of amides is 6. The van der Waals surface area contributed by atoms with E-state index in [0.717, 1.165) is 30.3 Å². The van der Waals surface area contributed by atoms with Gasteiger partial charge in [0.05, 0.1) is 56.7 Å². The van der Waals surface area contributed by atoms with Crippen LogP contribution in [0.5, 0.6) is 23.0 Å². The second-order valence-electron chi connectivity index (χ2n) is 16.3. The smallest absolute Gasteiger partial charge is 0.347 e. The summed E-state index contributed by atoms with van der Waals surface area (Å²) in [4.78, 5) is 120. The molecule has 28 nitrogen and oxygen atoms in total. The number of hydrogen-bond donors (Lipinski definition) is 5. The van der Waals surface area contributed by atoms with Gasteiger partial charge in [-0.1, -0.05) is 6.07 Å². The van der Waals surface area contributed by atoms with Crippen LogP contribution in [0.25, 0.3) is 0 Å². The number of phenols is 2. The van der Waals surface area contributed by atoms with Crippen LogP contribution in [0.1, 0.15) is 98.8 Å². The van der Waals surface area contributed by atoms with Gasteiger partial charge in [-0.3, -0.25) is 43.6 Å². The molecule has 0 fully saturated rings. The molecular formula is C48H21F8N3O25S2. The molecule has 0 radical (unpaired) electrons. The predicted molar refractivity (Wildman–Crippen MR) is 247 cm³/mol. The van der Waals surface area contributed by atoms with Crippen molar-refractivity contribution < 1.29 is 153 Å². The van der Waals surface area contributed by atoms with Crippen LogP contribution >= 0.6 is 0 Å². The molecule has 4 aliphatic rings. The number of esters is 2. The molecule has 0 aliphatic carbocycles. The number of nitrogens with zero attached hydrogens (tertiary/aromatic N) is 3. The number of carbonyl (C=O) groups is 11. The number of imide groups is 3. The fourth-order valence-corrected chi connectivity index (χ4v) is 9.34. The Morgan fingerprint density at radius 2 is 0.826 bits per heavy atom. The number of cyclic esters (lactones) is 2. The molecule has 0 atom stereocenters. The van der Waals surface area contributed by atoms with E-state index in [1.54, 1.807) is 0 Å². The largest absolute Gasteiger partial charge is 0.503 e. The number of benzene rings is 6. The van der Waals surface area contributed by atoms with Crippen LogP contribution in [0.4, 0.5) is 35.1 Å². The Bertz CT molecular complexity index is 4260. The number of carboxylic acid groups (broad SMARTS) is 1. The zero-order valence-corrected chi connectivity index (χ0v) is 42.5. The maximum absolute atomic E-state index is 13.8. The number of hydrogen-bond acceptors (Lipinski definition) is 24. The van der Waals surface area contributed by atoms with Gasteiger partial charge in [0, 0.05) is 0 Å². The lowest BCUT2D eigenvalue weighted by molar-refractivity contribution is -0.121. The zero-order valence-electron chi connectivity index (χ0n) is 40.9. The highest BCUT2D eigenvalue weighted by Crippen LogP contribution is 2.37. The molecule has 0 spiro atoms. The fraction of sp³-hybridized carbons (Fsp3) is 0.0208. The summed E-state index contributed by atoms with van der Waals surface area (Å²) in [5.74, 6) is -34.0. The number of fused-ring (bicyclic) bond motifs is 4. The summed E-state index contributed by atoms with van der Waals surface area (Å²) in [7, 11) is -11.6. The van der Waals surface area contributed by atoms with Crippen molar-refractivity contribution in [3.63, 3.8) is 0 Å². The molecule has 10 rings (SSSR count). The molecule has 0 bridgehead atoms. The standard InChI is InChI=1S/C15H5F4NO8S.C15H7F4NO7S.C9H5NO5.C9H4O5/c16-7-9(18)12(10(19)8(17)11(7)21)29(26,27)28-20-13(22)5-2-1-4(15(24)25)3-6(5)14(20)23;16-8-10(18)13(11(19)9(17)12(8)22)28(25,26)27-20-14(23)6-2-1-5(4-21)3-7(6)15(20)24;11-4-15-5-1-2-6-7(3-5)9(13)10(14)8(6)12;10-4-13-5-1-2-6-7(3-5)9(12)14-8(6)11/h1-3,21H,(H,24,25);1-3,21-22H,4H2;1-4,14H;1-4H. The van der Waals surface area contributed by atoms with Crippen molar-refractivity contribution in [1.82, 2.24) is 15.2 Å². The summed E-state index contributed by atoms with van der Waals surface area (Å²) >= 11 is 0. The van der Waals surface area contributed by atoms with Gasteiger partial charge in [-0.25, -0.2) is 31.9 Å². The first-order valence-corrected chi connectivity index (χ1v) is 24.8. The van der Waals surface area contributed by atoms with Crippen LogP contribution in [0.15, 0.2) is 82.6 Å². The van der Waals surface area contributed by atoms with E-state index in [1.807, 2.05) is 0 Å². The van der Waals surface area contributed by atoms with Gasteiger partial charge in [0.15, 0.2) is 44.6 Å². The van der Waals surface area contributed by atoms with Crippen molar-refractivity contribution in [3.8, 4) is 23.0 Å². The van der Waals surface area contributed by atoms with Crippen LogP contribution in [0.3, 0.4) is 0 Å². The normalized spacial score (nSPS) is 13.8. The third kappa shape index (κ3) is 11.3. The summed E-state index contributed by atoms with van der Waals surface area (Å²) in [5.41, 5.74) is -1.69. The minimum absolute atomic E-state index is 0.0156. The molecule has 6 aromatic rings. The van der Waals surface area contributed by atoms with Gasteiger partial charge in [0.2, 0.25) is 23.3 Å². The lowest BCUT2D eigenvalue weighted by atomic mass is 10.1. The first kappa shape index (κ1) is 62.7. The molecule has 6 amide bonds. The molecule has 6 aromatic carbocycles. The van der Waals surface area contributed by atoms with Crippen molar-refractivity contribution in [2.24, 2.45) is 0 Å². The lowest BCUT2D eigenvalue weighted by Gasteiger charge is -2.14. The quantitative estimate of drug-likeness (QED) is 0.0222. The molecule has 0 saturated carbocycles. The van der Waals surface area contributed by atoms with Crippen LogP contribution in [0, 0.1) is 46.5 Å². The highest BCUT2D eigenvalue weighted by atomic mass is 32.2. The number of carboxylic acids is 1. The Labute approximate surface area is 468 Å². The number of aliphatic hydroxyl groups excluding tert-OH is 1. The molecule has 446 valence electrons. The SMILES string of the molecule is O=C(O)c1ccc2c(c1)C(=O)N(OS(=O)(=O)c1c(F)c(F)c(O)c(F)c1F)C2=O.O=C1c2ccc(CO)cc2C(=O)N1OS(=O)(=O)c1c(F)c(F)c(O)c(F)c1F.O=COc1ccc2c(c1)C(=O)N(O)C2=O.O=COc1ccc2c(c1)C(=O)OC2=O. The first-order chi connectivity index (χ1) is 40.3. The monoisotopic (exact) mass is 1250 g/mol. The number of aromatic carboxylic acids is 1. The second kappa shape index (κ2) is 23.7. The third-order valence-electron chi connectivity index (χ3n) is 11.3. The highest BCUT2D eigenvalue weighted by Gasteiger charge is 2.46. The Kier molecular flexibility index (Phi) is 17.3. The number of aliphatic hydroxyl groups is 1. The summed E-state index contributed by atoms with van der Waals surface area (Å²) in [6.07, 6.45) is 0. The molecule has 86 heavy (non-hydrogen) atoms. The van der Waals surface area contributed by atoms with Crippen LogP contribution in [0.2, 0.25) is 0 Å². The number of hydroxylamine groups is 6. The van der Waals surface area contributed by atoms with Crippen molar-refractivity contribution in [2.45, 2.75) is 16.4 Å². The molecule has 5 N–H and O–H groups in total. The van der Waals surface area contributed by atoms with E-state index in [-0.39, 0.29) is 73.5 Å². The topological polar surface area (TPSA) is 413 Å². The summed E-state index contributed by atoms with van der Waals surface area (Å²) in [6.45, 7) is -0.0695. The molecular weight excluding hydrogens is 1230 g/mol. The van der Waals surface area contributed by atoms with Gasteiger partial charge < -0.3 is 34.6 Å². The predicted octanol–water partition coefficient (Wildman–Crippen LogP) is 3.66. The van der Waals surface area contributed by atoms with E-state index >= 15 is 0 Å². The average molecular weight is 1260 g/mol. The summed E-state index contributed by atoms with van der Waals surface area (Å²) < 4.78 is 179. The number of aromatic hydroxyl groups is 2. The average Bonchev–Trinajstić information content (AvgIpc) is 1.18. The van der Waals surface area contributed by atoms with Gasteiger partial charge >= 0.3 is 38.1 Å².